The zero-order chi connectivity index (χ0) is 60.3. The third kappa shape index (κ3) is 26.7. The third-order valence-electron chi connectivity index (χ3n) is 12.9. The number of rotatable bonds is 40. The monoisotopic (exact) mass is 1150 g/mol. The minimum Gasteiger partial charge on any atom is -0.370 e. The molecule has 1 aliphatic rings. The van der Waals surface area contributed by atoms with Crippen LogP contribution in [-0.4, -0.2) is 187 Å². The number of nitrogens with two attached hydrogens (primary N) is 8. The maximum absolute atomic E-state index is 14.4. The van der Waals surface area contributed by atoms with Crippen molar-refractivity contribution in [3.05, 3.63) is 30.0 Å². The number of carbonyl (C=O) groups excluding carboxylic acids is 10. The molecule has 1 aromatic heterocycles. The van der Waals surface area contributed by atoms with Gasteiger partial charge in [-0.2, -0.15) is 0 Å². The van der Waals surface area contributed by atoms with Crippen LogP contribution < -0.4 is 93.7 Å². The number of hydrogen-bond donors (Lipinski definition) is 18. The molecule has 8 atom stereocenters. The van der Waals surface area contributed by atoms with Gasteiger partial charge >= 0.3 is 0 Å². The number of unbranched alkanes of at least 4 members (excludes halogenated alkanes) is 3. The quantitative estimate of drug-likeness (QED) is 0.0126. The lowest BCUT2D eigenvalue weighted by Crippen LogP contribution is -2.59. The van der Waals surface area contributed by atoms with Gasteiger partial charge in [-0.25, -0.2) is 4.98 Å². The first-order valence-electron chi connectivity index (χ1n) is 27.7. The fourth-order valence-electron chi connectivity index (χ4n) is 8.31. The Morgan fingerprint density at radius 3 is 1.91 bits per heavy atom. The summed E-state index contributed by atoms with van der Waals surface area (Å²) in [4.78, 5) is 148. The zero-order valence-corrected chi connectivity index (χ0v) is 46.9. The van der Waals surface area contributed by atoms with Crippen LogP contribution in [0.15, 0.2) is 29.3 Å². The molecule has 0 radical (unpaired) electrons. The van der Waals surface area contributed by atoms with Crippen LogP contribution in [-0.2, 0) is 54.4 Å². The van der Waals surface area contributed by atoms with Crippen LogP contribution in [0.4, 0.5) is 0 Å². The summed E-state index contributed by atoms with van der Waals surface area (Å²) >= 11 is 0. The fraction of sp³-hybridized carbons (Fsp3) is 0.680. The summed E-state index contributed by atoms with van der Waals surface area (Å²) in [5.74, 6) is -7.22. The number of amides is 10. The molecule has 2 rings (SSSR count). The van der Waals surface area contributed by atoms with Gasteiger partial charge in [0, 0.05) is 37.9 Å². The molecule has 10 amide bonds. The Morgan fingerprint density at radius 2 is 1.27 bits per heavy atom. The van der Waals surface area contributed by atoms with E-state index in [0.29, 0.717) is 76.7 Å². The Balaban J connectivity index is 2.27. The van der Waals surface area contributed by atoms with Crippen LogP contribution in [0, 0.1) is 0 Å². The van der Waals surface area contributed by atoms with Crippen molar-refractivity contribution < 1.29 is 47.9 Å². The highest BCUT2D eigenvalue weighted by Crippen LogP contribution is 2.20. The van der Waals surface area contributed by atoms with Crippen molar-refractivity contribution in [1.82, 2.24) is 62.7 Å². The summed E-state index contributed by atoms with van der Waals surface area (Å²) in [6, 6.07) is -9.13. The Hall–Kier alpha value is -7.32. The molecule has 0 saturated carbocycles. The maximum atomic E-state index is 14.4. The predicted octanol–water partition coefficient (Wildman–Crippen LogP) is -6.80. The van der Waals surface area contributed by atoms with Crippen molar-refractivity contribution >= 4 is 65.0 Å². The van der Waals surface area contributed by atoms with Gasteiger partial charge in [-0.1, -0.05) is 12.5 Å². The van der Waals surface area contributed by atoms with Gasteiger partial charge in [-0.3, -0.25) is 52.9 Å². The van der Waals surface area contributed by atoms with E-state index in [1.165, 1.54) is 37.3 Å². The van der Waals surface area contributed by atoms with Gasteiger partial charge in [0.25, 0.3) is 5.91 Å². The first-order valence-corrected chi connectivity index (χ1v) is 27.7. The van der Waals surface area contributed by atoms with E-state index in [1.807, 2.05) is 0 Å². The molecule has 0 aliphatic carbocycles. The Kier molecular flexibility index (Phi) is 33.7. The lowest BCUT2D eigenvalue weighted by molar-refractivity contribution is -0.142. The maximum Gasteiger partial charge on any atom is 0.268 e. The van der Waals surface area contributed by atoms with E-state index >= 15 is 0 Å². The average Bonchev–Trinajstić information content (AvgIpc) is 4.16. The average molecular weight is 1150 g/mol. The number of guanidine groups is 1. The number of likely N-dealkylation sites (tertiary alicyclic amines) is 1. The van der Waals surface area contributed by atoms with Crippen LogP contribution >= 0.6 is 0 Å². The van der Waals surface area contributed by atoms with E-state index in [9.17, 15) is 47.9 Å². The van der Waals surface area contributed by atoms with Crippen LogP contribution in [0.5, 0.6) is 0 Å². The minimum atomic E-state index is -1.36. The number of hydrogen-bond acceptors (Lipinski definition) is 18. The molecule has 81 heavy (non-hydrogen) atoms. The lowest BCUT2D eigenvalue weighted by Gasteiger charge is -2.30. The molecule has 2 heterocycles. The number of nitrogens with one attached hydrogen (secondary N) is 10. The Bertz CT molecular complexity index is 2230. The first-order chi connectivity index (χ1) is 38.7. The van der Waals surface area contributed by atoms with Gasteiger partial charge < -0.3 is 104 Å². The largest absolute Gasteiger partial charge is 0.370 e. The van der Waals surface area contributed by atoms with E-state index in [2.05, 4.69) is 62.8 Å². The number of carbonyl (C=O) groups is 10. The van der Waals surface area contributed by atoms with Gasteiger partial charge in [0.05, 0.1) is 18.9 Å². The first kappa shape index (κ1) is 69.8. The molecule has 0 bridgehead atoms. The number of nitrogens with zero attached hydrogens (tertiary/aromatic N) is 3. The smallest absolute Gasteiger partial charge is 0.268 e. The van der Waals surface area contributed by atoms with Gasteiger partial charge in [-0.15, -0.1) is 0 Å². The van der Waals surface area contributed by atoms with E-state index in [0.717, 1.165) is 0 Å². The van der Waals surface area contributed by atoms with Crippen molar-refractivity contribution in [3.63, 3.8) is 0 Å². The molecule has 31 nitrogen and oxygen atoms in total. The normalized spacial score (nSPS) is 15.7. The predicted molar refractivity (Wildman–Crippen MR) is 302 cm³/mol. The number of H-pyrrole nitrogens is 1. The van der Waals surface area contributed by atoms with Crippen molar-refractivity contribution in [2.45, 2.75) is 158 Å². The SMILES string of the molecule is C[C@H](NC(=O)/C(=C/CCN=C(N)N)NC(=O)[C@H](CCCCN)NC(=O)[C@H](Cc1cnc[nH]1)NC(=O)[C@@H]1CCCN1C(=O)[C@@H](CCCN)NC(=O)CNC(=O)[C@H](C)NC(=O)[C@H](CCN)NC(=O)[C@@H](N)CCCCN)C(=O)NCCCCN. The second-order valence-electron chi connectivity index (χ2n) is 19.6. The number of aromatic nitrogens is 2. The van der Waals surface area contributed by atoms with Gasteiger partial charge in [-0.05, 0) is 130 Å². The zero-order valence-electron chi connectivity index (χ0n) is 46.9. The second kappa shape index (κ2) is 39.1. The highest BCUT2D eigenvalue weighted by Gasteiger charge is 2.39. The molecular weight excluding hydrogens is 1050 g/mol. The van der Waals surface area contributed by atoms with Crippen LogP contribution in [0.25, 0.3) is 0 Å². The molecule has 0 spiro atoms. The molecule has 0 unspecified atom stereocenters. The molecule has 1 aromatic rings. The van der Waals surface area contributed by atoms with E-state index < -0.39 is 114 Å². The summed E-state index contributed by atoms with van der Waals surface area (Å²) in [7, 11) is 0. The highest BCUT2D eigenvalue weighted by molar-refractivity contribution is 6.02. The topological polar surface area (TPSA) is 531 Å². The van der Waals surface area contributed by atoms with Gasteiger partial charge in [0.1, 0.15) is 48.0 Å². The van der Waals surface area contributed by atoms with Crippen LogP contribution in [0.1, 0.15) is 109 Å². The van der Waals surface area contributed by atoms with Crippen LogP contribution in [0.3, 0.4) is 0 Å². The summed E-state index contributed by atoms with van der Waals surface area (Å²) in [6.07, 6.45) is 8.92. The number of imidazole rings is 1. The third-order valence-corrected chi connectivity index (χ3v) is 12.9. The highest BCUT2D eigenvalue weighted by atomic mass is 16.2. The standard InChI is InChI=1S/C50H91N21O10/c1-30(41(73)60-23-8-7-20-53)64-44(76)35(15-10-24-61-50(57)58)68-46(78)34(13-4-6-19-52)69-47(79)38(26-32-27-59-29-63-32)70-48(80)39-16-11-25-71(39)49(81)37(14-9-21-54)66-40(72)28-62-42(74)31(2)65-45(77)36(17-22-55)67-43(75)33(56)12-3-5-18-51/h15,27,29-31,33-34,36-39H,3-14,16-26,28,51-56H2,1-2H3,(H,59,63)(H,60,73)(H,62,74)(H,64,76)(H,65,77)(H,66,72)(H,67,75)(H,68,78)(H,69,79)(H,70,80)(H4,57,58,61)/b35-15-/t30-,31-,33-,34-,36-,37+,38-,39-/m0/s1. The van der Waals surface area contributed by atoms with E-state index in [4.69, 9.17) is 45.9 Å². The molecule has 0 aromatic carbocycles. The molecule has 26 N–H and O–H groups in total. The Labute approximate surface area is 472 Å². The van der Waals surface area contributed by atoms with Crippen molar-refractivity contribution in [1.29, 1.82) is 0 Å². The molecule has 1 saturated heterocycles. The lowest BCUT2D eigenvalue weighted by atomic mass is 10.1. The molecule has 1 aliphatic heterocycles. The summed E-state index contributed by atoms with van der Waals surface area (Å²) < 4.78 is 0. The molecular formula is C50H91N21O10. The Morgan fingerprint density at radius 1 is 0.667 bits per heavy atom. The molecule has 456 valence electrons. The molecule has 1 fully saturated rings. The van der Waals surface area contributed by atoms with Crippen molar-refractivity contribution in [2.24, 2.45) is 50.9 Å². The fourth-order valence-corrected chi connectivity index (χ4v) is 8.31. The second-order valence-corrected chi connectivity index (χ2v) is 19.6. The van der Waals surface area contributed by atoms with Crippen LogP contribution in [0.2, 0.25) is 0 Å². The minimum absolute atomic E-state index is 0.0363. The number of aliphatic imine (C=N–C) groups is 1. The van der Waals surface area contributed by atoms with Gasteiger partial charge in [0.15, 0.2) is 5.96 Å². The van der Waals surface area contributed by atoms with Crippen molar-refractivity contribution in [3.8, 4) is 0 Å². The van der Waals surface area contributed by atoms with Gasteiger partial charge in [0.2, 0.25) is 53.2 Å². The van der Waals surface area contributed by atoms with E-state index in [1.54, 1.807) is 0 Å². The number of aromatic amines is 1. The van der Waals surface area contributed by atoms with Crippen molar-refractivity contribution in [2.75, 3.05) is 58.9 Å². The summed E-state index contributed by atoms with van der Waals surface area (Å²) in [5, 5.41) is 23.5. The summed E-state index contributed by atoms with van der Waals surface area (Å²) in [6.45, 7) is 4.06. The molecule has 31 heteroatoms. The van der Waals surface area contributed by atoms with E-state index in [-0.39, 0.29) is 89.3 Å². The summed E-state index contributed by atoms with van der Waals surface area (Å²) in [5.41, 5.74) is 45.4.